The number of carbonyl (C=O) groups excluding carboxylic acids is 2. The summed E-state index contributed by atoms with van der Waals surface area (Å²) in [6.45, 7) is 5.09. The standard InChI is InChI=1S/C18H24F3N3O2/c1-2-22-11-13-7-9-24(10-8-13)16(25)12-23-17(26)14-3-5-15(6-4-14)18(19,20)21/h3-6,13,22H,2,7-12H2,1H3,(H,23,26). The van der Waals surface area contributed by atoms with Crippen LogP contribution in [0, 0.1) is 5.92 Å². The van der Waals surface area contributed by atoms with Crippen molar-refractivity contribution in [3.8, 4) is 0 Å². The summed E-state index contributed by atoms with van der Waals surface area (Å²) < 4.78 is 37.6. The highest BCUT2D eigenvalue weighted by molar-refractivity contribution is 5.96. The maximum atomic E-state index is 12.5. The molecule has 1 aromatic carbocycles. The Bertz CT molecular complexity index is 609. The number of nitrogens with zero attached hydrogens (tertiary/aromatic N) is 1. The average Bonchev–Trinajstić information content (AvgIpc) is 2.64. The molecule has 8 heteroatoms. The van der Waals surface area contributed by atoms with Crippen molar-refractivity contribution in [2.75, 3.05) is 32.7 Å². The van der Waals surface area contributed by atoms with Gasteiger partial charge in [-0.15, -0.1) is 0 Å². The number of carbonyl (C=O) groups is 2. The largest absolute Gasteiger partial charge is 0.416 e. The Labute approximate surface area is 150 Å². The summed E-state index contributed by atoms with van der Waals surface area (Å²) in [4.78, 5) is 25.9. The molecule has 0 spiro atoms. The van der Waals surface area contributed by atoms with E-state index in [0.717, 1.165) is 50.2 Å². The summed E-state index contributed by atoms with van der Waals surface area (Å²) in [6, 6.07) is 3.92. The molecule has 2 N–H and O–H groups in total. The minimum Gasteiger partial charge on any atom is -0.343 e. The van der Waals surface area contributed by atoms with E-state index in [0.29, 0.717) is 19.0 Å². The van der Waals surface area contributed by atoms with Gasteiger partial charge in [0.1, 0.15) is 0 Å². The fraction of sp³-hybridized carbons (Fsp3) is 0.556. The van der Waals surface area contributed by atoms with Crippen LogP contribution in [-0.2, 0) is 11.0 Å². The summed E-state index contributed by atoms with van der Waals surface area (Å²) in [5.41, 5.74) is -0.722. The van der Waals surface area contributed by atoms with Crippen LogP contribution in [0.25, 0.3) is 0 Å². The summed E-state index contributed by atoms with van der Waals surface area (Å²) in [6.07, 6.45) is -2.60. The molecule has 5 nitrogen and oxygen atoms in total. The van der Waals surface area contributed by atoms with Gasteiger partial charge in [-0.1, -0.05) is 6.92 Å². The third kappa shape index (κ3) is 5.72. The first-order valence-electron chi connectivity index (χ1n) is 8.75. The molecule has 2 amide bonds. The predicted molar refractivity (Wildman–Crippen MR) is 91.6 cm³/mol. The predicted octanol–water partition coefficient (Wildman–Crippen LogP) is 2.28. The lowest BCUT2D eigenvalue weighted by atomic mass is 9.97. The molecule has 0 aliphatic carbocycles. The minimum absolute atomic E-state index is 0.0927. The Hall–Kier alpha value is -2.09. The Morgan fingerprint density at radius 3 is 2.31 bits per heavy atom. The van der Waals surface area contributed by atoms with E-state index in [4.69, 9.17) is 0 Å². The molecule has 0 saturated carbocycles. The molecule has 1 fully saturated rings. The molecule has 0 unspecified atom stereocenters. The van der Waals surface area contributed by atoms with E-state index in [1.807, 2.05) is 0 Å². The Kier molecular flexibility index (Phi) is 7.02. The van der Waals surface area contributed by atoms with Gasteiger partial charge < -0.3 is 15.5 Å². The van der Waals surface area contributed by atoms with Gasteiger partial charge in [0.25, 0.3) is 5.91 Å². The van der Waals surface area contributed by atoms with Gasteiger partial charge in [0.2, 0.25) is 5.91 Å². The molecule has 2 rings (SSSR count). The molecule has 1 aromatic rings. The van der Waals surface area contributed by atoms with Crippen molar-refractivity contribution in [1.82, 2.24) is 15.5 Å². The minimum atomic E-state index is -4.44. The molecular weight excluding hydrogens is 347 g/mol. The molecule has 0 aromatic heterocycles. The van der Waals surface area contributed by atoms with Crippen molar-refractivity contribution in [3.05, 3.63) is 35.4 Å². The van der Waals surface area contributed by atoms with Crippen molar-refractivity contribution in [1.29, 1.82) is 0 Å². The topological polar surface area (TPSA) is 61.4 Å². The number of hydrogen-bond donors (Lipinski definition) is 2. The van der Waals surface area contributed by atoms with Crippen LogP contribution < -0.4 is 10.6 Å². The van der Waals surface area contributed by atoms with Gasteiger partial charge in [-0.05, 0) is 56.1 Å². The Morgan fingerprint density at radius 1 is 1.15 bits per heavy atom. The van der Waals surface area contributed by atoms with E-state index in [-0.39, 0.29) is 18.0 Å². The number of rotatable bonds is 6. The third-order valence-corrected chi connectivity index (χ3v) is 4.52. The van der Waals surface area contributed by atoms with Crippen molar-refractivity contribution in [2.24, 2.45) is 5.92 Å². The van der Waals surface area contributed by atoms with Crippen molar-refractivity contribution >= 4 is 11.8 Å². The van der Waals surface area contributed by atoms with Crippen molar-refractivity contribution < 1.29 is 22.8 Å². The first-order valence-corrected chi connectivity index (χ1v) is 8.75. The highest BCUT2D eigenvalue weighted by Gasteiger charge is 2.30. The van der Waals surface area contributed by atoms with E-state index >= 15 is 0 Å². The van der Waals surface area contributed by atoms with E-state index in [1.54, 1.807) is 4.90 Å². The van der Waals surface area contributed by atoms with Crippen LogP contribution >= 0.6 is 0 Å². The van der Waals surface area contributed by atoms with Crippen LogP contribution in [0.4, 0.5) is 13.2 Å². The highest BCUT2D eigenvalue weighted by atomic mass is 19.4. The van der Waals surface area contributed by atoms with Gasteiger partial charge in [-0.2, -0.15) is 13.2 Å². The van der Waals surface area contributed by atoms with Gasteiger partial charge in [0.05, 0.1) is 12.1 Å². The molecule has 0 radical (unpaired) electrons. The number of hydrogen-bond acceptors (Lipinski definition) is 3. The number of benzene rings is 1. The molecular formula is C18H24F3N3O2. The smallest absolute Gasteiger partial charge is 0.343 e. The lowest BCUT2D eigenvalue weighted by Crippen LogP contribution is -2.45. The van der Waals surface area contributed by atoms with E-state index < -0.39 is 17.6 Å². The van der Waals surface area contributed by atoms with Gasteiger partial charge in [-0.3, -0.25) is 9.59 Å². The highest BCUT2D eigenvalue weighted by Crippen LogP contribution is 2.29. The van der Waals surface area contributed by atoms with E-state index in [2.05, 4.69) is 17.6 Å². The lowest BCUT2D eigenvalue weighted by molar-refractivity contribution is -0.137. The zero-order valence-electron chi connectivity index (χ0n) is 14.7. The van der Waals surface area contributed by atoms with Crippen LogP contribution in [-0.4, -0.2) is 49.4 Å². The number of alkyl halides is 3. The molecule has 0 bridgehead atoms. The molecule has 1 heterocycles. The SMILES string of the molecule is CCNCC1CCN(C(=O)CNC(=O)c2ccc(C(F)(F)F)cc2)CC1. The quantitative estimate of drug-likeness (QED) is 0.807. The first kappa shape index (κ1) is 20.2. The number of piperidine rings is 1. The fourth-order valence-electron chi connectivity index (χ4n) is 2.92. The summed E-state index contributed by atoms with van der Waals surface area (Å²) in [5.74, 6) is -0.179. The second-order valence-corrected chi connectivity index (χ2v) is 6.39. The number of halogens is 3. The second-order valence-electron chi connectivity index (χ2n) is 6.39. The fourth-order valence-corrected chi connectivity index (χ4v) is 2.92. The molecule has 1 saturated heterocycles. The Balaban J connectivity index is 1.78. The normalized spacial score (nSPS) is 15.8. The van der Waals surface area contributed by atoms with Gasteiger partial charge in [-0.25, -0.2) is 0 Å². The van der Waals surface area contributed by atoms with E-state index in [9.17, 15) is 22.8 Å². The van der Waals surface area contributed by atoms with Crippen molar-refractivity contribution in [2.45, 2.75) is 25.9 Å². The number of likely N-dealkylation sites (tertiary alicyclic amines) is 1. The summed E-state index contributed by atoms with van der Waals surface area (Å²) in [5, 5.41) is 5.78. The first-order chi connectivity index (χ1) is 12.3. The van der Waals surface area contributed by atoms with Crippen molar-refractivity contribution in [3.63, 3.8) is 0 Å². The zero-order valence-corrected chi connectivity index (χ0v) is 14.7. The lowest BCUT2D eigenvalue weighted by Gasteiger charge is -2.32. The maximum Gasteiger partial charge on any atom is 0.416 e. The van der Waals surface area contributed by atoms with Crippen LogP contribution in [0.15, 0.2) is 24.3 Å². The van der Waals surface area contributed by atoms with E-state index in [1.165, 1.54) is 0 Å². The van der Waals surface area contributed by atoms with Gasteiger partial charge >= 0.3 is 6.18 Å². The van der Waals surface area contributed by atoms with Crippen LogP contribution in [0.2, 0.25) is 0 Å². The molecule has 1 aliphatic heterocycles. The average molecular weight is 371 g/mol. The number of amides is 2. The Morgan fingerprint density at radius 2 is 1.77 bits per heavy atom. The van der Waals surface area contributed by atoms with Gasteiger partial charge in [0.15, 0.2) is 0 Å². The second kappa shape index (κ2) is 9.02. The monoisotopic (exact) mass is 371 g/mol. The number of nitrogens with one attached hydrogen (secondary N) is 2. The molecule has 26 heavy (non-hydrogen) atoms. The van der Waals surface area contributed by atoms with Crippen LogP contribution in [0.3, 0.4) is 0 Å². The summed E-state index contributed by atoms with van der Waals surface area (Å²) >= 11 is 0. The maximum absolute atomic E-state index is 12.5. The molecule has 144 valence electrons. The zero-order chi connectivity index (χ0) is 19.2. The third-order valence-electron chi connectivity index (χ3n) is 4.52. The van der Waals surface area contributed by atoms with Crippen LogP contribution in [0.5, 0.6) is 0 Å². The van der Waals surface area contributed by atoms with Gasteiger partial charge in [0, 0.05) is 18.7 Å². The summed E-state index contributed by atoms with van der Waals surface area (Å²) in [7, 11) is 0. The van der Waals surface area contributed by atoms with Crippen LogP contribution in [0.1, 0.15) is 35.7 Å². The molecule has 1 aliphatic rings. The molecule has 0 atom stereocenters.